The van der Waals surface area contributed by atoms with Gasteiger partial charge in [-0.1, -0.05) is 36.7 Å². The van der Waals surface area contributed by atoms with E-state index in [4.69, 9.17) is 23.3 Å². The van der Waals surface area contributed by atoms with Crippen molar-refractivity contribution >= 4 is 32.0 Å². The second-order valence-electron chi connectivity index (χ2n) is 11.1. The van der Waals surface area contributed by atoms with Gasteiger partial charge in [0.15, 0.2) is 8.32 Å². The Bertz CT molecular complexity index is 1080. The number of hydrogen-bond donors (Lipinski definition) is 3. The van der Waals surface area contributed by atoms with Crippen LogP contribution in [0, 0.1) is 6.92 Å². The molecule has 1 aromatic rings. The Labute approximate surface area is 233 Å². The van der Waals surface area contributed by atoms with Crippen LogP contribution in [0.25, 0.3) is 0 Å². The van der Waals surface area contributed by atoms with E-state index in [2.05, 4.69) is 54.8 Å². The Kier molecular flexibility index (Phi) is 12.2. The van der Waals surface area contributed by atoms with Crippen LogP contribution in [0.15, 0.2) is 15.8 Å². The van der Waals surface area contributed by atoms with E-state index in [1.807, 2.05) is 0 Å². The van der Waals surface area contributed by atoms with E-state index in [-0.39, 0.29) is 24.7 Å². The standard InChI is InChI=1S/C23H43BrN3O9PSi/c1-16-13-27(22(31)25-21(16)30)20-12-18(36-38(6,7)23(2,3)4)19(35-20)15-34-37(32,26(5)10-9-24)33-11-8-17(29)14-28/h13,17-20,28-29H,8-12,14-15H2,1-7H3,(H,25,30,31)/t17?,18-,19+,20+,37?/m0/s1. The highest BCUT2D eigenvalue weighted by Crippen LogP contribution is 2.52. The molecular weight excluding hydrogens is 601 g/mol. The Morgan fingerprint density at radius 1 is 1.34 bits per heavy atom. The van der Waals surface area contributed by atoms with Gasteiger partial charge in [0.05, 0.1) is 32.0 Å². The van der Waals surface area contributed by atoms with Crippen molar-refractivity contribution in [3.8, 4) is 0 Å². The van der Waals surface area contributed by atoms with Crippen LogP contribution in [0.5, 0.6) is 0 Å². The summed E-state index contributed by atoms with van der Waals surface area (Å²) in [7, 11) is -4.47. The molecule has 0 bridgehead atoms. The SMILES string of the molecule is Cc1cn([C@H]2C[C@H](O[Si](C)(C)C(C)(C)C)[C@@H](COP(=O)(OCCC(O)CO)N(C)CCBr)O2)c(=O)[nH]c1=O. The second kappa shape index (κ2) is 13.8. The molecule has 1 fully saturated rings. The highest BCUT2D eigenvalue weighted by Gasteiger charge is 2.46. The number of ether oxygens (including phenoxy) is 1. The number of aromatic nitrogens is 2. The molecule has 2 rings (SSSR count). The Morgan fingerprint density at radius 3 is 2.58 bits per heavy atom. The van der Waals surface area contributed by atoms with Gasteiger partial charge >= 0.3 is 13.4 Å². The molecule has 0 aromatic carbocycles. The normalized spacial score (nSPS) is 23.1. The topological polar surface area (TPSA) is 153 Å². The van der Waals surface area contributed by atoms with Crippen molar-refractivity contribution in [2.75, 3.05) is 38.7 Å². The average molecular weight is 645 g/mol. The number of aliphatic hydroxyl groups excluding tert-OH is 2. The van der Waals surface area contributed by atoms with E-state index in [1.165, 1.54) is 15.4 Å². The summed E-state index contributed by atoms with van der Waals surface area (Å²) in [6, 6.07) is 0. The van der Waals surface area contributed by atoms with Crippen molar-refractivity contribution in [3.05, 3.63) is 32.6 Å². The van der Waals surface area contributed by atoms with Crippen LogP contribution in [0.1, 0.15) is 45.4 Å². The van der Waals surface area contributed by atoms with Crippen molar-refractivity contribution in [2.45, 2.75) is 83.2 Å². The van der Waals surface area contributed by atoms with E-state index in [0.717, 1.165) is 0 Å². The lowest BCUT2D eigenvalue weighted by atomic mass is 10.2. The molecule has 12 nitrogen and oxygen atoms in total. The van der Waals surface area contributed by atoms with Gasteiger partial charge in [-0.3, -0.25) is 23.4 Å². The fourth-order valence-corrected chi connectivity index (χ4v) is 7.19. The van der Waals surface area contributed by atoms with Crippen molar-refractivity contribution in [1.29, 1.82) is 0 Å². The molecule has 3 N–H and O–H groups in total. The molecule has 0 spiro atoms. The number of aryl methyl sites for hydroxylation is 1. The zero-order valence-electron chi connectivity index (χ0n) is 23.3. The van der Waals surface area contributed by atoms with Crippen LogP contribution in [0.2, 0.25) is 18.1 Å². The zero-order chi connectivity index (χ0) is 28.9. The molecule has 1 saturated heterocycles. The Balaban J connectivity index is 2.31. The van der Waals surface area contributed by atoms with Gasteiger partial charge in [-0.2, -0.15) is 0 Å². The number of nitrogens with one attached hydrogen (secondary N) is 1. The smallest absolute Gasteiger partial charge is 0.408 e. The number of hydrogen-bond acceptors (Lipinski definition) is 9. The van der Waals surface area contributed by atoms with Gasteiger partial charge in [0, 0.05) is 30.1 Å². The molecule has 0 amide bonds. The molecule has 15 heteroatoms. The number of halogens is 1. The first-order valence-corrected chi connectivity index (χ1v) is 18.2. The van der Waals surface area contributed by atoms with Gasteiger partial charge in [-0.25, -0.2) is 14.0 Å². The van der Waals surface area contributed by atoms with Crippen LogP contribution in [-0.4, -0.2) is 89.8 Å². The maximum absolute atomic E-state index is 13.7. The fraction of sp³-hybridized carbons (Fsp3) is 0.826. The minimum absolute atomic E-state index is 0.0829. The molecule has 5 atom stereocenters. The summed E-state index contributed by atoms with van der Waals surface area (Å²) in [5.74, 6) is 0. The van der Waals surface area contributed by atoms with Gasteiger partial charge in [-0.15, -0.1) is 0 Å². The van der Waals surface area contributed by atoms with Gasteiger partial charge in [0.25, 0.3) is 5.56 Å². The quantitative estimate of drug-likeness (QED) is 0.157. The minimum atomic E-state index is -3.80. The highest BCUT2D eigenvalue weighted by atomic mass is 79.9. The highest BCUT2D eigenvalue weighted by molar-refractivity contribution is 9.09. The summed E-state index contributed by atoms with van der Waals surface area (Å²) in [5, 5.41) is 19.1. The molecule has 0 saturated carbocycles. The first-order valence-electron chi connectivity index (χ1n) is 12.7. The Hall–Kier alpha value is -0.673. The number of H-pyrrole nitrogens is 1. The number of rotatable bonds is 14. The summed E-state index contributed by atoms with van der Waals surface area (Å²) in [5.41, 5.74) is -0.682. The largest absolute Gasteiger partial charge is 0.411 e. The van der Waals surface area contributed by atoms with E-state index in [9.17, 15) is 19.3 Å². The fourth-order valence-electron chi connectivity index (χ4n) is 3.54. The van der Waals surface area contributed by atoms with Gasteiger partial charge in [-0.05, 0) is 38.5 Å². The van der Waals surface area contributed by atoms with Crippen molar-refractivity contribution < 1.29 is 33.0 Å². The molecule has 1 aliphatic rings. The number of nitrogens with zero attached hydrogens (tertiary/aromatic N) is 2. The van der Waals surface area contributed by atoms with Crippen LogP contribution in [-0.2, 0) is 22.8 Å². The predicted octanol–water partition coefficient (Wildman–Crippen LogP) is 2.73. The third kappa shape index (κ3) is 8.66. The van der Waals surface area contributed by atoms with Crippen LogP contribution < -0.4 is 11.2 Å². The van der Waals surface area contributed by atoms with Crippen LogP contribution >= 0.6 is 23.7 Å². The maximum atomic E-state index is 13.7. The van der Waals surface area contributed by atoms with E-state index in [1.54, 1.807) is 14.0 Å². The molecule has 2 unspecified atom stereocenters. The molecule has 0 aliphatic carbocycles. The first kappa shape index (κ1) is 33.5. The zero-order valence-corrected chi connectivity index (χ0v) is 26.8. The lowest BCUT2D eigenvalue weighted by Crippen LogP contribution is -2.46. The van der Waals surface area contributed by atoms with Crippen LogP contribution in [0.3, 0.4) is 0 Å². The summed E-state index contributed by atoms with van der Waals surface area (Å²) in [6.07, 6.45) is -0.983. The van der Waals surface area contributed by atoms with E-state index < -0.39 is 58.5 Å². The molecule has 220 valence electrons. The van der Waals surface area contributed by atoms with Crippen LogP contribution in [0.4, 0.5) is 0 Å². The summed E-state index contributed by atoms with van der Waals surface area (Å²) in [4.78, 5) is 26.7. The summed E-state index contributed by atoms with van der Waals surface area (Å²) >= 11 is 3.33. The third-order valence-electron chi connectivity index (χ3n) is 7.03. The lowest BCUT2D eigenvalue weighted by Gasteiger charge is -2.39. The number of aromatic amines is 1. The van der Waals surface area contributed by atoms with E-state index in [0.29, 0.717) is 23.9 Å². The summed E-state index contributed by atoms with van der Waals surface area (Å²) < 4.78 is 40.9. The summed E-state index contributed by atoms with van der Waals surface area (Å²) in [6.45, 7) is 11.9. The van der Waals surface area contributed by atoms with Gasteiger partial charge in [0.1, 0.15) is 12.3 Å². The first-order chi connectivity index (χ1) is 17.5. The molecule has 1 aromatic heterocycles. The Morgan fingerprint density at radius 2 is 2.00 bits per heavy atom. The predicted molar refractivity (Wildman–Crippen MR) is 150 cm³/mol. The number of alkyl halides is 1. The second-order valence-corrected chi connectivity index (χ2v) is 18.7. The van der Waals surface area contributed by atoms with Crippen molar-refractivity contribution in [1.82, 2.24) is 14.2 Å². The minimum Gasteiger partial charge on any atom is -0.411 e. The van der Waals surface area contributed by atoms with Gasteiger partial charge < -0.3 is 19.4 Å². The molecule has 0 radical (unpaired) electrons. The van der Waals surface area contributed by atoms with Crippen molar-refractivity contribution in [2.24, 2.45) is 0 Å². The van der Waals surface area contributed by atoms with Gasteiger partial charge in [0.2, 0.25) is 0 Å². The monoisotopic (exact) mass is 643 g/mol. The lowest BCUT2D eigenvalue weighted by molar-refractivity contribution is -0.0436. The number of aliphatic hydroxyl groups is 2. The van der Waals surface area contributed by atoms with E-state index >= 15 is 0 Å². The molecule has 1 aliphatic heterocycles. The molecule has 38 heavy (non-hydrogen) atoms. The maximum Gasteiger partial charge on any atom is 0.408 e. The molecular formula is C23H43BrN3O9PSi. The molecule has 2 heterocycles. The average Bonchev–Trinajstić information content (AvgIpc) is 3.20. The third-order valence-corrected chi connectivity index (χ3v) is 13.9. The van der Waals surface area contributed by atoms with Crippen molar-refractivity contribution in [3.63, 3.8) is 0 Å².